The molecule has 0 aliphatic rings. The summed E-state index contributed by atoms with van der Waals surface area (Å²) in [5, 5.41) is -2.97. The van der Waals surface area contributed by atoms with Gasteiger partial charge in [-0.3, -0.25) is 0 Å². The number of benzene rings is 2. The highest BCUT2D eigenvalue weighted by molar-refractivity contribution is 8.93. The third kappa shape index (κ3) is 6.44. The average Bonchev–Trinajstić information content (AvgIpc) is 3.45. The number of aromatic nitrogens is 1. The molecule has 0 saturated heterocycles. The van der Waals surface area contributed by atoms with Gasteiger partial charge in [-0.05, 0) is 65.9 Å². The van der Waals surface area contributed by atoms with Gasteiger partial charge in [-0.15, -0.1) is 28.3 Å². The second-order valence-electron chi connectivity index (χ2n) is 7.37. The lowest BCUT2D eigenvalue weighted by molar-refractivity contribution is -0.330. The van der Waals surface area contributed by atoms with E-state index in [4.69, 9.17) is 16.0 Å². The van der Waals surface area contributed by atoms with E-state index in [1.54, 1.807) is 24.3 Å². The molecule has 14 heteroatoms. The summed E-state index contributed by atoms with van der Waals surface area (Å²) in [6.07, 6.45) is -4.86. The van der Waals surface area contributed by atoms with Crippen LogP contribution in [0.1, 0.15) is 5.76 Å². The summed E-state index contributed by atoms with van der Waals surface area (Å²) in [5.41, 5.74) is 1.93. The maximum Gasteiger partial charge on any atom is 0.460 e. The van der Waals surface area contributed by atoms with Gasteiger partial charge in [0.25, 0.3) is 0 Å². The van der Waals surface area contributed by atoms with Crippen molar-refractivity contribution in [1.82, 2.24) is 4.57 Å². The highest BCUT2D eigenvalue weighted by atomic mass is 79.9. The number of alkyl halides is 7. The van der Waals surface area contributed by atoms with Gasteiger partial charge in [-0.25, -0.2) is 4.99 Å². The molecular weight excluding hydrogens is 633 g/mol. The van der Waals surface area contributed by atoms with Gasteiger partial charge in [-0.1, -0.05) is 23.7 Å². The molecule has 0 spiro atoms. The highest BCUT2D eigenvalue weighted by Crippen LogP contribution is 2.53. The number of rotatable bonds is 7. The van der Waals surface area contributed by atoms with Gasteiger partial charge in [0, 0.05) is 15.3 Å². The number of hydrogen-bond donors (Lipinski definition) is 0. The van der Waals surface area contributed by atoms with Gasteiger partial charge in [0.15, 0.2) is 4.80 Å². The Kier molecular flexibility index (Phi) is 8.93. The fourth-order valence-electron chi connectivity index (χ4n) is 3.06. The minimum absolute atomic E-state index is 0. The summed E-state index contributed by atoms with van der Waals surface area (Å²) in [5.74, 6) is -5.55. The summed E-state index contributed by atoms with van der Waals surface area (Å²) in [6.45, 7) is 0.319. The lowest BCUT2D eigenvalue weighted by atomic mass is 10.2. The second-order valence-corrected chi connectivity index (χ2v) is 9.83. The maximum absolute atomic E-state index is 13.7. The van der Waals surface area contributed by atoms with Crippen LogP contribution in [0.3, 0.4) is 0 Å². The predicted molar refractivity (Wildman–Crippen MR) is 134 cm³/mol. The number of hydrogen-bond acceptors (Lipinski definition) is 4. The van der Waals surface area contributed by atoms with E-state index in [9.17, 15) is 30.7 Å². The average molecular weight is 648 g/mol. The van der Waals surface area contributed by atoms with Crippen LogP contribution in [-0.2, 0) is 6.54 Å². The summed E-state index contributed by atoms with van der Waals surface area (Å²) in [4.78, 5) is 4.53. The van der Waals surface area contributed by atoms with Crippen LogP contribution in [0.15, 0.2) is 86.6 Å². The van der Waals surface area contributed by atoms with Crippen LogP contribution in [0, 0.1) is 0 Å². The smallest absolute Gasteiger partial charge is 0.460 e. The van der Waals surface area contributed by atoms with E-state index in [1.165, 1.54) is 29.7 Å². The molecular formula is C23H15BrClF7N2OS2. The van der Waals surface area contributed by atoms with Crippen molar-refractivity contribution in [1.29, 1.82) is 0 Å². The molecule has 2 aromatic carbocycles. The van der Waals surface area contributed by atoms with Crippen LogP contribution in [0.4, 0.5) is 36.4 Å². The SMILES string of the molecule is Br.FC(F)(F)C(F)(F)C(F)(F)Sc1ccc(N=c2scc(-c3ccc(Cl)cc3)n2Cc2ccco2)cc1. The molecule has 0 bridgehead atoms. The molecule has 0 unspecified atom stereocenters. The Hall–Kier alpha value is -2.22. The Morgan fingerprint density at radius 2 is 1.57 bits per heavy atom. The molecule has 0 saturated carbocycles. The number of halogens is 9. The summed E-state index contributed by atoms with van der Waals surface area (Å²) >= 11 is 6.40. The molecule has 4 aromatic rings. The van der Waals surface area contributed by atoms with Crippen LogP contribution in [0.5, 0.6) is 0 Å². The first kappa shape index (κ1) is 29.3. The Morgan fingerprint density at radius 1 is 0.919 bits per heavy atom. The summed E-state index contributed by atoms with van der Waals surface area (Å²) in [7, 11) is 0. The Balaban J connectivity index is 0.00000380. The van der Waals surface area contributed by atoms with Crippen LogP contribution in [0.2, 0.25) is 5.02 Å². The first-order valence-corrected chi connectivity index (χ1v) is 12.1. The van der Waals surface area contributed by atoms with Crippen molar-refractivity contribution in [2.45, 2.75) is 28.8 Å². The van der Waals surface area contributed by atoms with Gasteiger partial charge >= 0.3 is 17.4 Å². The van der Waals surface area contributed by atoms with Crippen LogP contribution < -0.4 is 4.80 Å². The lowest BCUT2D eigenvalue weighted by Gasteiger charge is -2.27. The fraction of sp³-hybridized carbons (Fsp3) is 0.174. The third-order valence-corrected chi connectivity index (χ3v) is 7.00. The van der Waals surface area contributed by atoms with Crippen molar-refractivity contribution < 1.29 is 35.2 Å². The van der Waals surface area contributed by atoms with Crippen molar-refractivity contribution in [3.8, 4) is 11.3 Å². The van der Waals surface area contributed by atoms with Crippen molar-refractivity contribution in [3.63, 3.8) is 0 Å². The first-order valence-electron chi connectivity index (χ1n) is 10.0. The van der Waals surface area contributed by atoms with Crippen molar-refractivity contribution in [3.05, 3.63) is 87.9 Å². The minimum atomic E-state index is -6.39. The van der Waals surface area contributed by atoms with Crippen LogP contribution in [0.25, 0.3) is 11.3 Å². The molecule has 3 nitrogen and oxygen atoms in total. The lowest BCUT2D eigenvalue weighted by Crippen LogP contribution is -2.49. The monoisotopic (exact) mass is 646 g/mol. The topological polar surface area (TPSA) is 30.4 Å². The van der Waals surface area contributed by atoms with Crippen LogP contribution >= 0.6 is 51.7 Å². The van der Waals surface area contributed by atoms with Gasteiger partial charge in [-0.2, -0.15) is 30.7 Å². The number of thiazole rings is 1. The molecule has 0 aliphatic carbocycles. The molecule has 198 valence electrons. The fourth-order valence-corrected chi connectivity index (χ4v) is 4.92. The molecule has 2 aromatic heterocycles. The van der Waals surface area contributed by atoms with E-state index in [2.05, 4.69) is 4.99 Å². The molecule has 0 N–H and O–H groups in total. The van der Waals surface area contributed by atoms with Crippen molar-refractivity contribution in [2.75, 3.05) is 0 Å². The molecule has 37 heavy (non-hydrogen) atoms. The van der Waals surface area contributed by atoms with E-state index in [-0.39, 0.29) is 22.7 Å². The highest BCUT2D eigenvalue weighted by Gasteiger charge is 2.73. The van der Waals surface area contributed by atoms with Gasteiger partial charge in [0.1, 0.15) is 5.76 Å². The van der Waals surface area contributed by atoms with Crippen molar-refractivity contribution >= 4 is 57.4 Å². The summed E-state index contributed by atoms with van der Waals surface area (Å²) < 4.78 is 98.2. The zero-order valence-corrected chi connectivity index (χ0v) is 22.3. The van der Waals surface area contributed by atoms with Gasteiger partial charge in [0.05, 0.1) is 24.2 Å². The minimum Gasteiger partial charge on any atom is -0.467 e. The number of furan rings is 1. The second kappa shape index (κ2) is 11.3. The molecule has 0 amide bonds. The quantitative estimate of drug-likeness (QED) is 0.148. The Morgan fingerprint density at radius 3 is 2.14 bits per heavy atom. The molecule has 2 heterocycles. The molecule has 4 rings (SSSR count). The molecule has 0 atom stereocenters. The first-order chi connectivity index (χ1) is 16.9. The molecule has 0 radical (unpaired) electrons. The zero-order chi connectivity index (χ0) is 26.1. The van der Waals surface area contributed by atoms with Gasteiger partial charge in [0.2, 0.25) is 0 Å². The van der Waals surface area contributed by atoms with E-state index in [0.29, 0.717) is 22.1 Å². The predicted octanol–water partition coefficient (Wildman–Crippen LogP) is 9.20. The zero-order valence-electron chi connectivity index (χ0n) is 18.2. The largest absolute Gasteiger partial charge is 0.467 e. The summed E-state index contributed by atoms with van der Waals surface area (Å²) in [6, 6.07) is 15.2. The van der Waals surface area contributed by atoms with Crippen molar-refractivity contribution in [2.24, 2.45) is 4.99 Å². The number of thioether (sulfide) groups is 1. The molecule has 0 aliphatic heterocycles. The van der Waals surface area contributed by atoms with E-state index in [0.717, 1.165) is 23.4 Å². The van der Waals surface area contributed by atoms with E-state index in [1.807, 2.05) is 22.1 Å². The van der Waals surface area contributed by atoms with Crippen LogP contribution in [-0.4, -0.2) is 21.9 Å². The standard InChI is InChI=1S/C23H14ClF7N2OS2.BrH/c24-15-5-3-14(4-6-15)19-13-35-20(33(19)12-17-2-1-11-34-17)32-16-7-9-18(10-8-16)36-23(30,31)21(25,26)22(27,28)29;/h1-11,13H,12H2;1H. The maximum atomic E-state index is 13.7. The third-order valence-electron chi connectivity index (χ3n) is 4.86. The number of nitrogens with zero attached hydrogens (tertiary/aromatic N) is 2. The van der Waals surface area contributed by atoms with E-state index < -0.39 is 34.0 Å². The molecule has 0 fully saturated rings. The Bertz CT molecular complexity index is 1380. The Labute approximate surface area is 229 Å². The normalized spacial score (nSPS) is 13.0. The van der Waals surface area contributed by atoms with Gasteiger partial charge < -0.3 is 8.98 Å². The van der Waals surface area contributed by atoms with E-state index >= 15 is 0 Å².